The number of halogens is 1. The molecule has 112 valence electrons. The van der Waals surface area contributed by atoms with Crippen LogP contribution in [-0.2, 0) is 10.0 Å². The molecule has 2 N–H and O–H groups in total. The molecular formula is C13H13FN2O4S. The van der Waals surface area contributed by atoms with Crippen LogP contribution in [0.2, 0.25) is 0 Å². The highest BCUT2D eigenvalue weighted by Crippen LogP contribution is 2.18. The van der Waals surface area contributed by atoms with Gasteiger partial charge in [-0.1, -0.05) is 0 Å². The molecule has 0 radical (unpaired) electrons. The van der Waals surface area contributed by atoms with Crippen molar-refractivity contribution < 1.29 is 22.7 Å². The minimum absolute atomic E-state index is 0.308. The van der Waals surface area contributed by atoms with Crippen molar-refractivity contribution in [3.05, 3.63) is 53.1 Å². The molecule has 0 amide bonds. The first-order chi connectivity index (χ1) is 9.72. The lowest BCUT2D eigenvalue weighted by Crippen LogP contribution is -2.26. The number of hydrogen-bond acceptors (Lipinski definition) is 3. The van der Waals surface area contributed by atoms with E-state index in [-0.39, 0.29) is 5.56 Å². The van der Waals surface area contributed by atoms with Gasteiger partial charge in [0, 0.05) is 11.4 Å². The zero-order valence-electron chi connectivity index (χ0n) is 11.3. The molecule has 0 atom stereocenters. The maximum atomic E-state index is 13.7. The average Bonchev–Trinajstić information content (AvgIpc) is 2.70. The van der Waals surface area contributed by atoms with Gasteiger partial charge in [-0.2, -0.15) is 8.42 Å². The fraction of sp³-hybridized carbons (Fsp3) is 0.154. The van der Waals surface area contributed by atoms with E-state index >= 15 is 0 Å². The molecule has 0 saturated carbocycles. The van der Waals surface area contributed by atoms with Crippen LogP contribution in [0.4, 0.5) is 4.39 Å². The molecule has 0 aliphatic rings. The summed E-state index contributed by atoms with van der Waals surface area (Å²) in [6, 6.07) is 5.99. The molecule has 1 heterocycles. The Labute approximate surface area is 120 Å². The van der Waals surface area contributed by atoms with Crippen LogP contribution >= 0.6 is 0 Å². The van der Waals surface area contributed by atoms with Gasteiger partial charge in [-0.05, 0) is 44.2 Å². The average molecular weight is 312 g/mol. The molecule has 6 nitrogen and oxygen atoms in total. The summed E-state index contributed by atoms with van der Waals surface area (Å²) in [4.78, 5) is 12.4. The third-order valence-corrected chi connectivity index (χ3v) is 4.27. The van der Waals surface area contributed by atoms with E-state index in [1.165, 1.54) is 4.68 Å². The van der Waals surface area contributed by atoms with Crippen molar-refractivity contribution in [2.24, 2.45) is 0 Å². The summed E-state index contributed by atoms with van der Waals surface area (Å²) in [5.74, 6) is -2.35. The second-order valence-electron chi connectivity index (χ2n) is 4.50. The number of aromatic nitrogens is 1. The van der Waals surface area contributed by atoms with E-state index in [1.54, 1.807) is 26.0 Å². The van der Waals surface area contributed by atoms with Gasteiger partial charge in [0.2, 0.25) is 0 Å². The zero-order valence-corrected chi connectivity index (χ0v) is 12.1. The minimum atomic E-state index is -4.24. The van der Waals surface area contributed by atoms with Gasteiger partial charge in [0.1, 0.15) is 10.7 Å². The first kappa shape index (κ1) is 15.0. The van der Waals surface area contributed by atoms with Gasteiger partial charge in [0.05, 0.1) is 5.56 Å². The van der Waals surface area contributed by atoms with Crippen LogP contribution in [-0.4, -0.2) is 24.2 Å². The SMILES string of the molecule is Cc1ccc(C)n1NS(=O)(=O)c1cc(C(=O)O)ccc1F. The monoisotopic (exact) mass is 312 g/mol. The molecule has 0 fully saturated rings. The summed E-state index contributed by atoms with van der Waals surface area (Å²) in [6.07, 6.45) is 0. The fourth-order valence-electron chi connectivity index (χ4n) is 1.82. The Bertz CT molecular complexity index is 792. The summed E-state index contributed by atoms with van der Waals surface area (Å²) in [5, 5.41) is 8.87. The number of carbonyl (C=O) groups is 1. The lowest BCUT2D eigenvalue weighted by molar-refractivity contribution is 0.0696. The van der Waals surface area contributed by atoms with Crippen LogP contribution in [0.25, 0.3) is 0 Å². The van der Waals surface area contributed by atoms with Gasteiger partial charge in [0.15, 0.2) is 0 Å². The fourth-order valence-corrected chi connectivity index (χ4v) is 3.06. The Kier molecular flexibility index (Phi) is 3.73. The number of nitrogens with zero attached hydrogens (tertiary/aromatic N) is 1. The van der Waals surface area contributed by atoms with Crippen LogP contribution in [0.15, 0.2) is 35.2 Å². The van der Waals surface area contributed by atoms with Gasteiger partial charge in [-0.3, -0.25) is 4.68 Å². The van der Waals surface area contributed by atoms with Crippen molar-refractivity contribution >= 4 is 16.0 Å². The molecular weight excluding hydrogens is 299 g/mol. The standard InChI is InChI=1S/C13H13FN2O4S/c1-8-3-4-9(2)16(8)15-21(19,20)12-7-10(13(17)18)5-6-11(12)14/h3-7,15H,1-2H3,(H,17,18). The van der Waals surface area contributed by atoms with Gasteiger partial charge in [0.25, 0.3) is 10.0 Å². The zero-order chi connectivity index (χ0) is 15.8. The van der Waals surface area contributed by atoms with Crippen LogP contribution in [0.3, 0.4) is 0 Å². The Morgan fingerprint density at radius 2 is 1.76 bits per heavy atom. The number of rotatable bonds is 4. The summed E-state index contributed by atoms with van der Waals surface area (Å²) < 4.78 is 39.5. The molecule has 0 saturated heterocycles. The van der Waals surface area contributed by atoms with Crippen LogP contribution in [0.5, 0.6) is 0 Å². The molecule has 0 spiro atoms. The number of nitrogens with one attached hydrogen (secondary N) is 1. The molecule has 0 aliphatic heterocycles. The molecule has 0 unspecified atom stereocenters. The molecule has 2 rings (SSSR count). The molecule has 21 heavy (non-hydrogen) atoms. The quantitative estimate of drug-likeness (QED) is 0.902. The number of aromatic carboxylic acids is 1. The van der Waals surface area contributed by atoms with Crippen molar-refractivity contribution in [1.29, 1.82) is 0 Å². The highest BCUT2D eigenvalue weighted by molar-refractivity contribution is 7.92. The van der Waals surface area contributed by atoms with E-state index in [0.717, 1.165) is 18.2 Å². The third kappa shape index (κ3) is 2.89. The molecule has 8 heteroatoms. The van der Waals surface area contributed by atoms with E-state index in [9.17, 15) is 17.6 Å². The minimum Gasteiger partial charge on any atom is -0.478 e. The molecule has 1 aromatic carbocycles. The van der Waals surface area contributed by atoms with Crippen molar-refractivity contribution in [3.63, 3.8) is 0 Å². The normalized spacial score (nSPS) is 11.4. The second kappa shape index (κ2) is 5.21. The van der Waals surface area contributed by atoms with E-state index in [0.29, 0.717) is 11.4 Å². The Morgan fingerprint density at radius 3 is 2.29 bits per heavy atom. The number of sulfonamides is 1. The summed E-state index contributed by atoms with van der Waals surface area (Å²) >= 11 is 0. The number of carboxylic acid groups (broad SMARTS) is 1. The predicted octanol–water partition coefficient (Wildman–Crippen LogP) is 1.87. The van der Waals surface area contributed by atoms with E-state index in [4.69, 9.17) is 5.11 Å². The maximum absolute atomic E-state index is 13.7. The highest BCUT2D eigenvalue weighted by Gasteiger charge is 2.22. The maximum Gasteiger partial charge on any atom is 0.335 e. The van der Waals surface area contributed by atoms with Crippen molar-refractivity contribution in [1.82, 2.24) is 4.68 Å². The number of carboxylic acids is 1. The van der Waals surface area contributed by atoms with E-state index in [1.807, 2.05) is 0 Å². The van der Waals surface area contributed by atoms with Gasteiger partial charge in [-0.25, -0.2) is 14.0 Å². The molecule has 0 aliphatic carbocycles. The van der Waals surface area contributed by atoms with Crippen LogP contribution in [0, 0.1) is 19.7 Å². The second-order valence-corrected chi connectivity index (χ2v) is 6.13. The van der Waals surface area contributed by atoms with E-state index in [2.05, 4.69) is 4.83 Å². The molecule has 1 aromatic heterocycles. The smallest absolute Gasteiger partial charge is 0.335 e. The Hall–Kier alpha value is -2.35. The number of aryl methyl sites for hydroxylation is 2. The summed E-state index contributed by atoms with van der Waals surface area (Å²) in [6.45, 7) is 3.36. The number of benzene rings is 1. The number of hydrogen-bond donors (Lipinski definition) is 2. The van der Waals surface area contributed by atoms with Gasteiger partial charge in [-0.15, -0.1) is 0 Å². The van der Waals surface area contributed by atoms with Crippen molar-refractivity contribution in [2.45, 2.75) is 18.7 Å². The summed E-state index contributed by atoms with van der Waals surface area (Å²) in [7, 11) is -4.24. The highest BCUT2D eigenvalue weighted by atomic mass is 32.2. The van der Waals surface area contributed by atoms with Gasteiger partial charge >= 0.3 is 5.97 Å². The van der Waals surface area contributed by atoms with Crippen molar-refractivity contribution in [3.8, 4) is 0 Å². The van der Waals surface area contributed by atoms with Crippen LogP contribution < -0.4 is 4.83 Å². The van der Waals surface area contributed by atoms with Crippen molar-refractivity contribution in [2.75, 3.05) is 4.83 Å². The Morgan fingerprint density at radius 1 is 1.19 bits per heavy atom. The lowest BCUT2D eigenvalue weighted by Gasteiger charge is -2.14. The van der Waals surface area contributed by atoms with Crippen LogP contribution in [0.1, 0.15) is 21.7 Å². The molecule has 2 aromatic rings. The largest absolute Gasteiger partial charge is 0.478 e. The Balaban J connectivity index is 2.49. The van der Waals surface area contributed by atoms with Gasteiger partial charge < -0.3 is 5.11 Å². The summed E-state index contributed by atoms with van der Waals surface area (Å²) in [5.41, 5.74) is 0.925. The first-order valence-corrected chi connectivity index (χ1v) is 7.41. The molecule has 0 bridgehead atoms. The predicted molar refractivity (Wildman–Crippen MR) is 73.8 cm³/mol. The third-order valence-electron chi connectivity index (χ3n) is 2.95. The van der Waals surface area contributed by atoms with E-state index < -0.39 is 26.7 Å². The first-order valence-electron chi connectivity index (χ1n) is 5.93. The topological polar surface area (TPSA) is 88.4 Å². The lowest BCUT2D eigenvalue weighted by atomic mass is 10.2.